The Kier molecular flexibility index (Phi) is 2.87. The number of methoxy groups -OCH3 is 1. The second kappa shape index (κ2) is 4.32. The van der Waals surface area contributed by atoms with Gasteiger partial charge in [-0.3, -0.25) is 4.79 Å². The van der Waals surface area contributed by atoms with Crippen LogP contribution in [0.15, 0.2) is 29.1 Å². The van der Waals surface area contributed by atoms with Gasteiger partial charge in [-0.2, -0.15) is 0 Å². The number of aromatic hydroxyl groups is 1. The first-order valence-corrected chi connectivity index (χ1v) is 4.92. The molecule has 1 N–H and O–H groups in total. The van der Waals surface area contributed by atoms with Crippen LogP contribution < -0.4 is 5.56 Å². The lowest BCUT2D eigenvalue weighted by Gasteiger charge is -2.06. The Morgan fingerprint density at radius 2 is 2.06 bits per heavy atom. The summed E-state index contributed by atoms with van der Waals surface area (Å²) in [4.78, 5) is 11.9. The first kappa shape index (κ1) is 10.6. The second-order valence-electron chi connectivity index (χ2n) is 3.39. The number of aromatic nitrogens is 2. The van der Waals surface area contributed by atoms with Crippen LogP contribution in [0.1, 0.15) is 0 Å². The molecule has 1 heterocycles. The normalized spacial score (nSPS) is 10.8. The molecule has 0 amide bonds. The van der Waals surface area contributed by atoms with Crippen LogP contribution in [0.4, 0.5) is 0 Å². The molecular formula is C11H12N2O3. The van der Waals surface area contributed by atoms with Gasteiger partial charge in [0.15, 0.2) is 0 Å². The Bertz CT molecular complexity index is 563. The molecule has 84 valence electrons. The fraction of sp³-hybridized carbons (Fsp3) is 0.273. The quantitative estimate of drug-likeness (QED) is 0.829. The van der Waals surface area contributed by atoms with Crippen molar-refractivity contribution in [3.8, 4) is 5.88 Å². The van der Waals surface area contributed by atoms with Crippen LogP contribution in [0.5, 0.6) is 5.88 Å². The number of hydrogen-bond acceptors (Lipinski definition) is 4. The molecule has 0 radical (unpaired) electrons. The van der Waals surface area contributed by atoms with Gasteiger partial charge in [-0.1, -0.05) is 12.1 Å². The van der Waals surface area contributed by atoms with E-state index in [-0.39, 0.29) is 11.4 Å². The molecule has 2 rings (SSSR count). The SMILES string of the molecule is COCCn1nc(O)c2ccccc2c1=O. The van der Waals surface area contributed by atoms with Crippen LogP contribution in [0.2, 0.25) is 0 Å². The zero-order valence-electron chi connectivity index (χ0n) is 8.88. The van der Waals surface area contributed by atoms with Gasteiger partial charge in [0, 0.05) is 7.11 Å². The molecule has 1 aromatic carbocycles. The first-order valence-electron chi connectivity index (χ1n) is 4.92. The van der Waals surface area contributed by atoms with Crippen molar-refractivity contribution in [3.63, 3.8) is 0 Å². The standard InChI is InChI=1S/C11H12N2O3/c1-16-7-6-13-11(15)9-5-3-2-4-8(9)10(14)12-13/h2-5H,6-7H2,1H3,(H,12,14). The number of hydrogen-bond donors (Lipinski definition) is 1. The highest BCUT2D eigenvalue weighted by atomic mass is 16.5. The van der Waals surface area contributed by atoms with E-state index in [1.165, 1.54) is 4.68 Å². The van der Waals surface area contributed by atoms with E-state index in [0.717, 1.165) is 0 Å². The van der Waals surface area contributed by atoms with E-state index < -0.39 is 0 Å². The molecule has 0 aliphatic carbocycles. The average Bonchev–Trinajstić information content (AvgIpc) is 2.32. The molecule has 5 heteroatoms. The van der Waals surface area contributed by atoms with Gasteiger partial charge < -0.3 is 9.84 Å². The molecule has 0 aliphatic heterocycles. The molecule has 0 saturated carbocycles. The largest absolute Gasteiger partial charge is 0.492 e. The van der Waals surface area contributed by atoms with E-state index in [4.69, 9.17) is 4.74 Å². The predicted molar refractivity (Wildman–Crippen MR) is 59.5 cm³/mol. The van der Waals surface area contributed by atoms with Crippen molar-refractivity contribution in [1.82, 2.24) is 9.78 Å². The van der Waals surface area contributed by atoms with Crippen molar-refractivity contribution < 1.29 is 9.84 Å². The minimum atomic E-state index is -0.217. The summed E-state index contributed by atoms with van der Waals surface area (Å²) in [6, 6.07) is 6.84. The van der Waals surface area contributed by atoms with Crippen molar-refractivity contribution in [2.24, 2.45) is 0 Å². The molecule has 0 spiro atoms. The predicted octanol–water partition coefficient (Wildman–Crippen LogP) is 0.748. The van der Waals surface area contributed by atoms with E-state index in [1.54, 1.807) is 31.4 Å². The van der Waals surface area contributed by atoms with Gasteiger partial charge in [0.05, 0.1) is 23.9 Å². The van der Waals surface area contributed by atoms with Crippen molar-refractivity contribution in [2.45, 2.75) is 6.54 Å². The molecule has 0 unspecified atom stereocenters. The lowest BCUT2D eigenvalue weighted by molar-refractivity contribution is 0.181. The Balaban J connectivity index is 2.61. The zero-order chi connectivity index (χ0) is 11.5. The minimum Gasteiger partial charge on any atom is -0.492 e. The molecular weight excluding hydrogens is 208 g/mol. The molecule has 1 aromatic heterocycles. The summed E-state index contributed by atoms with van der Waals surface area (Å²) in [5, 5.41) is 14.4. The molecule has 5 nitrogen and oxygen atoms in total. The average molecular weight is 220 g/mol. The Morgan fingerprint density at radius 1 is 1.38 bits per heavy atom. The smallest absolute Gasteiger partial charge is 0.274 e. The fourth-order valence-corrected chi connectivity index (χ4v) is 1.55. The maximum Gasteiger partial charge on any atom is 0.274 e. The van der Waals surface area contributed by atoms with Crippen LogP contribution in [0, 0.1) is 0 Å². The highest BCUT2D eigenvalue weighted by Gasteiger charge is 2.08. The van der Waals surface area contributed by atoms with Gasteiger partial charge in [0.2, 0.25) is 5.88 Å². The number of nitrogens with zero attached hydrogens (tertiary/aromatic N) is 2. The summed E-state index contributed by atoms with van der Waals surface area (Å²) >= 11 is 0. The van der Waals surface area contributed by atoms with Crippen molar-refractivity contribution in [1.29, 1.82) is 0 Å². The maximum atomic E-state index is 11.9. The molecule has 0 saturated heterocycles. The van der Waals surface area contributed by atoms with Gasteiger partial charge in [0.1, 0.15) is 0 Å². The fourth-order valence-electron chi connectivity index (χ4n) is 1.55. The zero-order valence-corrected chi connectivity index (χ0v) is 8.88. The molecule has 16 heavy (non-hydrogen) atoms. The van der Waals surface area contributed by atoms with Gasteiger partial charge in [0.25, 0.3) is 5.56 Å². The van der Waals surface area contributed by atoms with Crippen LogP contribution in [-0.4, -0.2) is 28.6 Å². The number of fused-ring (bicyclic) bond motifs is 1. The van der Waals surface area contributed by atoms with E-state index in [9.17, 15) is 9.90 Å². The minimum absolute atomic E-state index is 0.133. The molecule has 0 fully saturated rings. The molecule has 0 bridgehead atoms. The third-order valence-electron chi connectivity index (χ3n) is 2.36. The molecule has 0 aliphatic rings. The van der Waals surface area contributed by atoms with Crippen molar-refractivity contribution >= 4 is 10.8 Å². The third-order valence-corrected chi connectivity index (χ3v) is 2.36. The summed E-state index contributed by atoms with van der Waals surface area (Å²) in [5.74, 6) is -0.133. The summed E-state index contributed by atoms with van der Waals surface area (Å²) in [6.45, 7) is 0.707. The second-order valence-corrected chi connectivity index (χ2v) is 3.39. The molecule has 2 aromatic rings. The van der Waals surface area contributed by atoms with Crippen LogP contribution >= 0.6 is 0 Å². The van der Waals surface area contributed by atoms with Crippen LogP contribution in [0.3, 0.4) is 0 Å². The summed E-state index contributed by atoms with van der Waals surface area (Å²) in [7, 11) is 1.55. The number of rotatable bonds is 3. The topological polar surface area (TPSA) is 64.3 Å². The number of benzene rings is 1. The van der Waals surface area contributed by atoms with Gasteiger partial charge in [-0.25, -0.2) is 4.68 Å². The van der Waals surface area contributed by atoms with E-state index >= 15 is 0 Å². The van der Waals surface area contributed by atoms with E-state index in [2.05, 4.69) is 5.10 Å². The highest BCUT2D eigenvalue weighted by Crippen LogP contribution is 2.17. The highest BCUT2D eigenvalue weighted by molar-refractivity contribution is 5.85. The Labute approximate surface area is 91.9 Å². The van der Waals surface area contributed by atoms with E-state index in [0.29, 0.717) is 23.9 Å². The number of ether oxygens (including phenoxy) is 1. The van der Waals surface area contributed by atoms with Gasteiger partial charge in [-0.15, -0.1) is 5.10 Å². The monoisotopic (exact) mass is 220 g/mol. The Morgan fingerprint density at radius 3 is 2.75 bits per heavy atom. The van der Waals surface area contributed by atoms with Gasteiger partial charge in [-0.05, 0) is 12.1 Å². The van der Waals surface area contributed by atoms with E-state index in [1.807, 2.05) is 0 Å². The Hall–Kier alpha value is -1.88. The van der Waals surface area contributed by atoms with Crippen molar-refractivity contribution in [3.05, 3.63) is 34.6 Å². The molecule has 0 atom stereocenters. The van der Waals surface area contributed by atoms with Crippen LogP contribution in [-0.2, 0) is 11.3 Å². The third kappa shape index (κ3) is 1.77. The summed E-state index contributed by atoms with van der Waals surface area (Å²) < 4.78 is 6.08. The summed E-state index contributed by atoms with van der Waals surface area (Å²) in [5.41, 5.74) is -0.217. The van der Waals surface area contributed by atoms with Crippen molar-refractivity contribution in [2.75, 3.05) is 13.7 Å². The maximum absolute atomic E-state index is 11.9. The first-order chi connectivity index (χ1) is 7.74. The van der Waals surface area contributed by atoms with Crippen LogP contribution in [0.25, 0.3) is 10.8 Å². The lowest BCUT2D eigenvalue weighted by Crippen LogP contribution is -2.24. The van der Waals surface area contributed by atoms with Gasteiger partial charge >= 0.3 is 0 Å². The summed E-state index contributed by atoms with van der Waals surface area (Å²) in [6.07, 6.45) is 0. The lowest BCUT2D eigenvalue weighted by atomic mass is 10.2.